The maximum absolute atomic E-state index is 11.6. The van der Waals surface area contributed by atoms with Crippen LogP contribution in [0.3, 0.4) is 0 Å². The predicted octanol–water partition coefficient (Wildman–Crippen LogP) is -0.0854. The van der Waals surface area contributed by atoms with Gasteiger partial charge in [0, 0.05) is 19.1 Å². The number of piperidine rings is 1. The van der Waals surface area contributed by atoms with Crippen molar-refractivity contribution in [2.75, 3.05) is 26.2 Å². The van der Waals surface area contributed by atoms with Crippen LogP contribution >= 0.6 is 0 Å². The molecule has 2 aliphatic heterocycles. The van der Waals surface area contributed by atoms with Crippen LogP contribution in [0.15, 0.2) is 0 Å². The molecule has 0 bridgehead atoms. The van der Waals surface area contributed by atoms with Gasteiger partial charge in [-0.15, -0.1) is 0 Å². The van der Waals surface area contributed by atoms with Gasteiger partial charge in [-0.25, -0.2) is 4.72 Å². The average Bonchev–Trinajstić information content (AvgIpc) is 2.52. The Kier molecular flexibility index (Phi) is 3.84. The topological polar surface area (TPSA) is 61.4 Å². The lowest BCUT2D eigenvalue weighted by Gasteiger charge is -2.25. The van der Waals surface area contributed by atoms with Crippen LogP contribution in [-0.4, -0.2) is 44.9 Å². The first kappa shape index (κ1) is 12.3. The molecule has 0 aromatic carbocycles. The van der Waals surface area contributed by atoms with E-state index in [0.717, 1.165) is 19.5 Å². The summed E-state index contributed by atoms with van der Waals surface area (Å²) >= 11 is 0. The van der Waals surface area contributed by atoms with Crippen molar-refractivity contribution in [3.05, 3.63) is 0 Å². The molecule has 2 saturated heterocycles. The summed E-state index contributed by atoms with van der Waals surface area (Å²) in [7, 11) is -3.17. The van der Waals surface area contributed by atoms with Crippen molar-refractivity contribution in [2.45, 2.75) is 32.2 Å². The minimum Gasteiger partial charge on any atom is -0.317 e. The number of hydrogen-bond donors (Lipinski definition) is 2. The molecule has 2 N–H and O–H groups in total. The van der Waals surface area contributed by atoms with Crippen LogP contribution in [0.5, 0.6) is 0 Å². The zero-order chi connectivity index (χ0) is 11.6. The van der Waals surface area contributed by atoms with Crippen LogP contribution < -0.4 is 10.0 Å². The molecular formula is C10H21N3O2S. The summed E-state index contributed by atoms with van der Waals surface area (Å²) in [6.07, 6.45) is 3.35. The van der Waals surface area contributed by atoms with E-state index >= 15 is 0 Å². The molecule has 0 spiro atoms. The molecule has 0 saturated carbocycles. The molecule has 6 heteroatoms. The van der Waals surface area contributed by atoms with E-state index in [1.165, 1.54) is 12.8 Å². The summed E-state index contributed by atoms with van der Waals surface area (Å²) in [5, 5.41) is 3.32. The van der Waals surface area contributed by atoms with Gasteiger partial charge in [-0.05, 0) is 45.2 Å². The highest BCUT2D eigenvalue weighted by Gasteiger charge is 2.34. The summed E-state index contributed by atoms with van der Waals surface area (Å²) in [5.74, 6) is 0.684. The van der Waals surface area contributed by atoms with Gasteiger partial charge in [0.1, 0.15) is 0 Å². The number of nitrogens with one attached hydrogen (secondary N) is 2. The first-order chi connectivity index (χ1) is 7.59. The summed E-state index contributed by atoms with van der Waals surface area (Å²) in [5.41, 5.74) is 0. The second kappa shape index (κ2) is 5.00. The summed E-state index contributed by atoms with van der Waals surface area (Å²) in [6, 6.07) is 0.103. The van der Waals surface area contributed by atoms with E-state index in [0.29, 0.717) is 19.0 Å². The predicted molar refractivity (Wildman–Crippen MR) is 63.3 cm³/mol. The number of rotatable bonds is 3. The summed E-state index contributed by atoms with van der Waals surface area (Å²) in [6.45, 7) is 5.33. The molecule has 2 rings (SSSR count). The Morgan fingerprint density at radius 1 is 1.31 bits per heavy atom. The molecule has 16 heavy (non-hydrogen) atoms. The highest BCUT2D eigenvalue weighted by atomic mass is 32.2. The Bertz CT molecular complexity index is 325. The van der Waals surface area contributed by atoms with Crippen molar-refractivity contribution < 1.29 is 8.42 Å². The van der Waals surface area contributed by atoms with E-state index in [1.54, 1.807) is 4.31 Å². The van der Waals surface area contributed by atoms with Crippen LogP contribution in [0.1, 0.15) is 26.2 Å². The van der Waals surface area contributed by atoms with E-state index in [4.69, 9.17) is 0 Å². The van der Waals surface area contributed by atoms with E-state index in [1.807, 2.05) is 6.92 Å². The van der Waals surface area contributed by atoms with Crippen molar-refractivity contribution in [1.82, 2.24) is 14.3 Å². The maximum Gasteiger partial charge on any atom is 0.279 e. The third kappa shape index (κ3) is 2.74. The lowest BCUT2D eigenvalue weighted by molar-refractivity contribution is 0.296. The Morgan fingerprint density at radius 3 is 2.56 bits per heavy atom. The van der Waals surface area contributed by atoms with Crippen molar-refractivity contribution in [1.29, 1.82) is 0 Å². The maximum atomic E-state index is 11.6. The fourth-order valence-electron chi connectivity index (χ4n) is 2.47. The fraction of sp³-hybridized carbons (Fsp3) is 1.00. The highest BCUT2D eigenvalue weighted by Crippen LogP contribution is 2.19. The fourth-order valence-corrected chi connectivity index (χ4v) is 3.98. The Labute approximate surface area is 97.8 Å². The van der Waals surface area contributed by atoms with Crippen molar-refractivity contribution in [3.8, 4) is 0 Å². The first-order valence-electron chi connectivity index (χ1n) is 6.07. The van der Waals surface area contributed by atoms with Gasteiger partial charge in [-0.3, -0.25) is 0 Å². The van der Waals surface area contributed by atoms with Gasteiger partial charge in [-0.1, -0.05) is 0 Å². The second-order valence-corrected chi connectivity index (χ2v) is 6.50. The van der Waals surface area contributed by atoms with Gasteiger partial charge < -0.3 is 5.32 Å². The lowest BCUT2D eigenvalue weighted by Crippen LogP contribution is -2.36. The van der Waals surface area contributed by atoms with Gasteiger partial charge >= 0.3 is 0 Å². The monoisotopic (exact) mass is 247 g/mol. The smallest absolute Gasteiger partial charge is 0.279 e. The van der Waals surface area contributed by atoms with Crippen LogP contribution in [0.25, 0.3) is 0 Å². The van der Waals surface area contributed by atoms with Crippen molar-refractivity contribution in [3.63, 3.8) is 0 Å². The minimum atomic E-state index is -3.17. The largest absolute Gasteiger partial charge is 0.317 e. The van der Waals surface area contributed by atoms with E-state index in [9.17, 15) is 8.42 Å². The second-order valence-electron chi connectivity index (χ2n) is 4.80. The normalized spacial score (nSPS) is 31.9. The number of hydrogen-bond acceptors (Lipinski definition) is 3. The molecular weight excluding hydrogens is 226 g/mol. The zero-order valence-electron chi connectivity index (χ0n) is 9.78. The molecule has 0 aromatic heterocycles. The van der Waals surface area contributed by atoms with Gasteiger partial charge in [-0.2, -0.15) is 12.7 Å². The molecule has 2 heterocycles. The van der Waals surface area contributed by atoms with Gasteiger partial charge in [0.25, 0.3) is 10.2 Å². The summed E-state index contributed by atoms with van der Waals surface area (Å²) < 4.78 is 27.5. The first-order valence-corrected chi connectivity index (χ1v) is 7.51. The highest BCUT2D eigenvalue weighted by molar-refractivity contribution is 7.87. The van der Waals surface area contributed by atoms with Crippen LogP contribution in [0.4, 0.5) is 0 Å². The molecule has 0 aliphatic carbocycles. The van der Waals surface area contributed by atoms with Crippen molar-refractivity contribution in [2.24, 2.45) is 5.92 Å². The van der Waals surface area contributed by atoms with E-state index in [-0.39, 0.29) is 6.04 Å². The van der Waals surface area contributed by atoms with Gasteiger partial charge in [0.2, 0.25) is 0 Å². The van der Waals surface area contributed by atoms with Crippen molar-refractivity contribution >= 4 is 10.2 Å². The third-order valence-electron chi connectivity index (χ3n) is 3.58. The molecule has 2 fully saturated rings. The van der Waals surface area contributed by atoms with Crippen LogP contribution in [0, 0.1) is 5.92 Å². The molecule has 1 atom stereocenters. The SMILES string of the molecule is CC1CNS(=O)(=O)N1CCC1CCNCC1. The molecule has 0 radical (unpaired) electrons. The van der Waals surface area contributed by atoms with Crippen LogP contribution in [-0.2, 0) is 10.2 Å². The van der Waals surface area contributed by atoms with Gasteiger partial charge in [0.05, 0.1) is 0 Å². The standard InChI is InChI=1S/C10H21N3O2S/c1-9-8-12-16(14,15)13(9)7-4-10-2-5-11-6-3-10/h9-12H,2-8H2,1H3. The van der Waals surface area contributed by atoms with Gasteiger partial charge in [0.15, 0.2) is 0 Å². The molecule has 5 nitrogen and oxygen atoms in total. The molecule has 1 unspecified atom stereocenters. The molecule has 2 aliphatic rings. The average molecular weight is 247 g/mol. The van der Waals surface area contributed by atoms with E-state index in [2.05, 4.69) is 10.0 Å². The van der Waals surface area contributed by atoms with E-state index < -0.39 is 10.2 Å². The third-order valence-corrected chi connectivity index (χ3v) is 5.27. The zero-order valence-corrected chi connectivity index (χ0v) is 10.6. The quantitative estimate of drug-likeness (QED) is 0.733. The Balaban J connectivity index is 1.84. The Hall–Kier alpha value is -0.170. The van der Waals surface area contributed by atoms with Crippen LogP contribution in [0.2, 0.25) is 0 Å². The minimum absolute atomic E-state index is 0.103. The Morgan fingerprint density at radius 2 is 2.00 bits per heavy atom. The molecule has 0 aromatic rings. The molecule has 94 valence electrons. The number of nitrogens with zero attached hydrogens (tertiary/aromatic N) is 1. The molecule has 0 amide bonds. The lowest BCUT2D eigenvalue weighted by atomic mass is 9.95. The summed E-state index contributed by atoms with van der Waals surface area (Å²) in [4.78, 5) is 0.